The van der Waals surface area contributed by atoms with Gasteiger partial charge in [0.1, 0.15) is 5.69 Å². The number of aromatic nitrogens is 2. The molecule has 1 aromatic carbocycles. The number of nitrogens with zero attached hydrogens (tertiary/aromatic N) is 2. The van der Waals surface area contributed by atoms with Gasteiger partial charge in [-0.2, -0.15) is 8.42 Å². The first kappa shape index (κ1) is 14.2. The summed E-state index contributed by atoms with van der Waals surface area (Å²) in [5.41, 5.74) is 0.797. The van der Waals surface area contributed by atoms with Crippen molar-refractivity contribution >= 4 is 10.1 Å². The molecule has 1 heterocycles. The van der Waals surface area contributed by atoms with Gasteiger partial charge in [0.25, 0.3) is 10.1 Å². The van der Waals surface area contributed by atoms with Crippen LogP contribution in [0.3, 0.4) is 0 Å². The first-order valence-electron chi connectivity index (χ1n) is 5.49. The van der Waals surface area contributed by atoms with Gasteiger partial charge < -0.3 is 9.47 Å². The van der Waals surface area contributed by atoms with Crippen LogP contribution in [0.4, 0.5) is 0 Å². The van der Waals surface area contributed by atoms with E-state index in [9.17, 15) is 8.42 Å². The summed E-state index contributed by atoms with van der Waals surface area (Å²) in [6.07, 6.45) is 0. The van der Waals surface area contributed by atoms with Crippen LogP contribution in [0.5, 0.6) is 11.6 Å². The maximum atomic E-state index is 11.1. The Morgan fingerprint density at radius 3 is 2.45 bits per heavy atom. The minimum absolute atomic E-state index is 0.227. The van der Waals surface area contributed by atoms with Gasteiger partial charge in [0.05, 0.1) is 19.1 Å². The molecule has 2 aromatic rings. The van der Waals surface area contributed by atoms with E-state index in [1.54, 1.807) is 6.07 Å². The van der Waals surface area contributed by atoms with Gasteiger partial charge in [-0.15, -0.1) is 10.2 Å². The Hall–Kier alpha value is -2.19. The van der Waals surface area contributed by atoms with Gasteiger partial charge in [-0.05, 0) is 12.1 Å². The van der Waals surface area contributed by atoms with E-state index >= 15 is 0 Å². The predicted octanol–water partition coefficient (Wildman–Crippen LogP) is 1.41. The molecule has 0 aliphatic carbocycles. The highest BCUT2D eigenvalue weighted by Gasteiger charge is 2.14. The van der Waals surface area contributed by atoms with Crippen molar-refractivity contribution in [2.24, 2.45) is 0 Å². The van der Waals surface area contributed by atoms with Gasteiger partial charge in [-0.25, -0.2) is 0 Å². The highest BCUT2D eigenvalue weighted by molar-refractivity contribution is 7.85. The normalized spacial score (nSPS) is 11.2. The Bertz CT molecular complexity index is 730. The van der Waals surface area contributed by atoms with Crippen molar-refractivity contribution in [3.63, 3.8) is 0 Å². The molecule has 2 rings (SSSR count). The summed E-state index contributed by atoms with van der Waals surface area (Å²) in [6, 6.07) is 7.22. The van der Waals surface area contributed by atoms with Crippen molar-refractivity contribution in [1.29, 1.82) is 0 Å². The maximum Gasteiger partial charge on any atom is 0.294 e. The van der Waals surface area contributed by atoms with E-state index in [1.165, 1.54) is 38.5 Å². The Labute approximate surface area is 115 Å². The van der Waals surface area contributed by atoms with E-state index in [1.807, 2.05) is 0 Å². The van der Waals surface area contributed by atoms with Crippen LogP contribution >= 0.6 is 0 Å². The topological polar surface area (TPSA) is 98.6 Å². The zero-order chi connectivity index (χ0) is 14.8. The maximum absolute atomic E-state index is 11.1. The third kappa shape index (κ3) is 2.86. The van der Waals surface area contributed by atoms with Crippen molar-refractivity contribution in [2.75, 3.05) is 14.2 Å². The number of ether oxygens (including phenoxy) is 2. The van der Waals surface area contributed by atoms with Crippen LogP contribution in [0.1, 0.15) is 0 Å². The minimum Gasteiger partial charge on any atom is -0.494 e. The quantitative estimate of drug-likeness (QED) is 0.851. The largest absolute Gasteiger partial charge is 0.494 e. The Morgan fingerprint density at radius 2 is 1.85 bits per heavy atom. The van der Waals surface area contributed by atoms with E-state index in [-0.39, 0.29) is 10.8 Å². The molecule has 0 unspecified atom stereocenters. The Balaban J connectivity index is 2.57. The van der Waals surface area contributed by atoms with Crippen LogP contribution in [0, 0.1) is 0 Å². The number of hydrogen-bond donors (Lipinski definition) is 1. The molecular formula is C12H12N2O5S. The number of rotatable bonds is 4. The second-order valence-electron chi connectivity index (χ2n) is 3.81. The highest BCUT2D eigenvalue weighted by atomic mass is 32.2. The van der Waals surface area contributed by atoms with Crippen LogP contribution in [0.25, 0.3) is 11.3 Å². The molecule has 1 N–H and O–H groups in total. The molecule has 0 saturated heterocycles. The van der Waals surface area contributed by atoms with Gasteiger partial charge in [-0.1, -0.05) is 12.1 Å². The number of hydrogen-bond acceptors (Lipinski definition) is 6. The Kier molecular flexibility index (Phi) is 3.86. The smallest absolute Gasteiger partial charge is 0.294 e. The summed E-state index contributed by atoms with van der Waals surface area (Å²) < 4.78 is 41.4. The van der Waals surface area contributed by atoms with Gasteiger partial charge in [0.2, 0.25) is 5.88 Å². The summed E-state index contributed by atoms with van der Waals surface area (Å²) in [5, 5.41) is 7.75. The van der Waals surface area contributed by atoms with E-state index in [0.717, 1.165) is 0 Å². The average molecular weight is 296 g/mol. The molecule has 0 fully saturated rings. The van der Waals surface area contributed by atoms with Crippen molar-refractivity contribution in [3.8, 4) is 22.9 Å². The fourth-order valence-corrected chi connectivity index (χ4v) is 2.14. The van der Waals surface area contributed by atoms with Crippen molar-refractivity contribution in [2.45, 2.75) is 4.90 Å². The van der Waals surface area contributed by atoms with Crippen LogP contribution in [0.2, 0.25) is 0 Å². The predicted molar refractivity (Wildman–Crippen MR) is 70.4 cm³/mol. The van der Waals surface area contributed by atoms with Crippen LogP contribution < -0.4 is 9.47 Å². The molecule has 1 aromatic heterocycles. The minimum atomic E-state index is -4.28. The number of benzene rings is 1. The first-order valence-corrected chi connectivity index (χ1v) is 6.93. The third-order valence-corrected chi connectivity index (χ3v) is 3.42. The van der Waals surface area contributed by atoms with Crippen molar-refractivity contribution < 1.29 is 22.4 Å². The molecule has 0 aliphatic heterocycles. The fourth-order valence-electron chi connectivity index (χ4n) is 1.62. The van der Waals surface area contributed by atoms with Crippen molar-refractivity contribution in [3.05, 3.63) is 30.3 Å². The molecule has 0 atom stereocenters. The lowest BCUT2D eigenvalue weighted by atomic mass is 10.1. The summed E-state index contributed by atoms with van der Waals surface area (Å²) in [4.78, 5) is -0.227. The fraction of sp³-hybridized carbons (Fsp3) is 0.167. The summed E-state index contributed by atoms with van der Waals surface area (Å²) >= 11 is 0. The molecule has 0 aliphatic rings. The molecular weight excluding hydrogens is 284 g/mol. The lowest BCUT2D eigenvalue weighted by Crippen LogP contribution is -2.00. The molecule has 0 amide bonds. The third-order valence-electron chi connectivity index (χ3n) is 2.57. The van der Waals surface area contributed by atoms with E-state index in [0.29, 0.717) is 17.0 Å². The second kappa shape index (κ2) is 5.43. The lowest BCUT2D eigenvalue weighted by Gasteiger charge is -2.08. The molecule has 0 spiro atoms. The van der Waals surface area contributed by atoms with Gasteiger partial charge >= 0.3 is 0 Å². The lowest BCUT2D eigenvalue weighted by molar-refractivity contribution is 0.376. The molecule has 0 radical (unpaired) electrons. The Morgan fingerprint density at radius 1 is 1.10 bits per heavy atom. The van der Waals surface area contributed by atoms with Crippen LogP contribution in [-0.2, 0) is 10.1 Å². The van der Waals surface area contributed by atoms with Gasteiger partial charge in [-0.3, -0.25) is 4.55 Å². The molecule has 20 heavy (non-hydrogen) atoms. The molecule has 0 bridgehead atoms. The van der Waals surface area contributed by atoms with E-state index in [2.05, 4.69) is 10.2 Å². The summed E-state index contributed by atoms with van der Waals surface area (Å²) in [6.45, 7) is 0. The zero-order valence-electron chi connectivity index (χ0n) is 10.8. The summed E-state index contributed by atoms with van der Waals surface area (Å²) in [7, 11) is -1.38. The highest BCUT2D eigenvalue weighted by Crippen LogP contribution is 2.30. The average Bonchev–Trinajstić information content (AvgIpc) is 2.45. The van der Waals surface area contributed by atoms with Crippen LogP contribution in [0.15, 0.2) is 35.2 Å². The zero-order valence-corrected chi connectivity index (χ0v) is 11.6. The molecule has 8 heteroatoms. The first-order chi connectivity index (χ1) is 9.45. The van der Waals surface area contributed by atoms with Crippen molar-refractivity contribution in [1.82, 2.24) is 10.2 Å². The number of methoxy groups -OCH3 is 2. The monoisotopic (exact) mass is 296 g/mol. The molecule has 7 nitrogen and oxygen atoms in total. The van der Waals surface area contributed by atoms with Gasteiger partial charge in [0.15, 0.2) is 5.75 Å². The SMILES string of the molecule is COc1cc(OC)c(-c2cccc(S(=O)(=O)O)c2)nn1. The second-order valence-corrected chi connectivity index (χ2v) is 5.23. The van der Waals surface area contributed by atoms with Gasteiger partial charge in [0, 0.05) is 11.6 Å². The van der Waals surface area contributed by atoms with Crippen LogP contribution in [-0.4, -0.2) is 37.4 Å². The molecule has 106 valence electrons. The summed E-state index contributed by atoms with van der Waals surface area (Å²) in [5.74, 6) is 0.654. The molecule has 0 saturated carbocycles. The van der Waals surface area contributed by atoms with E-state index in [4.69, 9.17) is 14.0 Å². The standard InChI is InChI=1S/C12H12N2O5S/c1-18-10-7-11(19-2)13-14-12(10)8-4-3-5-9(6-8)20(15,16)17/h3-7H,1-2H3,(H,15,16,17). The van der Waals surface area contributed by atoms with E-state index < -0.39 is 10.1 Å².